The standard InChI is InChI=1S/C16H16O3/c1-13(12-18-15-10-6-3-7-11-15)19-16(17)14-8-4-2-5-9-14/h2-11,13H,12H2,1H3/t13-/m0/s1. The summed E-state index contributed by atoms with van der Waals surface area (Å²) in [7, 11) is 0. The zero-order valence-corrected chi connectivity index (χ0v) is 10.8. The van der Waals surface area contributed by atoms with Crippen LogP contribution in [0.25, 0.3) is 0 Å². The minimum Gasteiger partial charge on any atom is -0.490 e. The van der Waals surface area contributed by atoms with Gasteiger partial charge in [0.15, 0.2) is 0 Å². The number of esters is 1. The summed E-state index contributed by atoms with van der Waals surface area (Å²) >= 11 is 0. The third-order valence-electron chi connectivity index (χ3n) is 2.55. The van der Waals surface area contributed by atoms with Crippen LogP contribution in [0.2, 0.25) is 0 Å². The topological polar surface area (TPSA) is 35.5 Å². The third kappa shape index (κ3) is 4.14. The summed E-state index contributed by atoms with van der Waals surface area (Å²) < 4.78 is 10.8. The molecule has 0 aliphatic carbocycles. The van der Waals surface area contributed by atoms with Crippen molar-refractivity contribution in [3.63, 3.8) is 0 Å². The van der Waals surface area contributed by atoms with Crippen LogP contribution in [0.4, 0.5) is 0 Å². The van der Waals surface area contributed by atoms with E-state index in [2.05, 4.69) is 0 Å². The van der Waals surface area contributed by atoms with E-state index in [4.69, 9.17) is 9.47 Å². The summed E-state index contributed by atoms with van der Waals surface area (Å²) in [5.74, 6) is 0.440. The molecule has 0 saturated carbocycles. The largest absolute Gasteiger partial charge is 0.490 e. The van der Waals surface area contributed by atoms with E-state index in [0.29, 0.717) is 12.2 Å². The number of hydrogen-bond acceptors (Lipinski definition) is 3. The first-order chi connectivity index (χ1) is 9.25. The van der Waals surface area contributed by atoms with Crippen LogP contribution in [0.5, 0.6) is 5.75 Å². The molecular formula is C16H16O3. The van der Waals surface area contributed by atoms with Crippen LogP contribution in [-0.4, -0.2) is 18.7 Å². The van der Waals surface area contributed by atoms with Gasteiger partial charge >= 0.3 is 5.97 Å². The van der Waals surface area contributed by atoms with Gasteiger partial charge in [-0.25, -0.2) is 4.79 Å². The Morgan fingerprint density at radius 2 is 1.58 bits per heavy atom. The number of para-hydroxylation sites is 1. The highest BCUT2D eigenvalue weighted by Gasteiger charge is 2.11. The molecule has 0 fully saturated rings. The molecule has 2 aromatic carbocycles. The Morgan fingerprint density at radius 1 is 1.00 bits per heavy atom. The zero-order valence-electron chi connectivity index (χ0n) is 10.8. The van der Waals surface area contributed by atoms with Crippen molar-refractivity contribution in [2.45, 2.75) is 13.0 Å². The summed E-state index contributed by atoms with van der Waals surface area (Å²) in [6, 6.07) is 18.4. The van der Waals surface area contributed by atoms with Crippen LogP contribution in [-0.2, 0) is 4.74 Å². The fourth-order valence-corrected chi connectivity index (χ4v) is 1.59. The Hall–Kier alpha value is -2.29. The third-order valence-corrected chi connectivity index (χ3v) is 2.55. The minimum absolute atomic E-state index is 0.298. The maximum absolute atomic E-state index is 11.8. The first-order valence-electron chi connectivity index (χ1n) is 6.19. The summed E-state index contributed by atoms with van der Waals surface area (Å²) in [6.45, 7) is 2.15. The molecule has 98 valence electrons. The lowest BCUT2D eigenvalue weighted by Gasteiger charge is -2.14. The van der Waals surface area contributed by atoms with E-state index in [-0.39, 0.29) is 12.1 Å². The molecule has 0 unspecified atom stereocenters. The van der Waals surface area contributed by atoms with E-state index in [1.54, 1.807) is 12.1 Å². The molecule has 3 heteroatoms. The number of carbonyl (C=O) groups excluding carboxylic acids is 1. The molecule has 2 rings (SSSR count). The zero-order chi connectivity index (χ0) is 13.5. The lowest BCUT2D eigenvalue weighted by atomic mass is 10.2. The predicted molar refractivity (Wildman–Crippen MR) is 73.3 cm³/mol. The molecule has 3 nitrogen and oxygen atoms in total. The van der Waals surface area contributed by atoms with Crippen molar-refractivity contribution in [2.24, 2.45) is 0 Å². The Bertz CT molecular complexity index is 508. The first-order valence-corrected chi connectivity index (χ1v) is 6.19. The van der Waals surface area contributed by atoms with Crippen LogP contribution < -0.4 is 4.74 Å². The lowest BCUT2D eigenvalue weighted by Crippen LogP contribution is -2.22. The number of benzene rings is 2. The molecule has 19 heavy (non-hydrogen) atoms. The summed E-state index contributed by atoms with van der Waals surface area (Å²) in [4.78, 5) is 11.8. The monoisotopic (exact) mass is 256 g/mol. The number of rotatable bonds is 5. The Kier molecular flexibility index (Phi) is 4.56. The lowest BCUT2D eigenvalue weighted by molar-refractivity contribution is 0.0228. The van der Waals surface area contributed by atoms with Crippen LogP contribution >= 0.6 is 0 Å². The molecule has 0 spiro atoms. The fourth-order valence-electron chi connectivity index (χ4n) is 1.59. The van der Waals surface area contributed by atoms with Gasteiger partial charge in [0, 0.05) is 0 Å². The van der Waals surface area contributed by atoms with Crippen molar-refractivity contribution >= 4 is 5.97 Å². The average molecular weight is 256 g/mol. The Labute approximate surface area is 112 Å². The van der Waals surface area contributed by atoms with E-state index in [1.807, 2.05) is 55.5 Å². The molecule has 0 bridgehead atoms. The normalized spacial score (nSPS) is 11.6. The SMILES string of the molecule is C[C@@H](COc1ccccc1)OC(=O)c1ccccc1. The van der Waals surface area contributed by atoms with E-state index in [0.717, 1.165) is 5.75 Å². The fraction of sp³-hybridized carbons (Fsp3) is 0.188. The van der Waals surface area contributed by atoms with Crippen molar-refractivity contribution in [2.75, 3.05) is 6.61 Å². The van der Waals surface area contributed by atoms with Gasteiger partial charge in [0.1, 0.15) is 18.5 Å². The average Bonchev–Trinajstić information content (AvgIpc) is 2.47. The van der Waals surface area contributed by atoms with E-state index >= 15 is 0 Å². The minimum atomic E-state index is -0.329. The predicted octanol–water partition coefficient (Wildman–Crippen LogP) is 3.31. The number of ether oxygens (including phenoxy) is 2. The quantitative estimate of drug-likeness (QED) is 0.770. The van der Waals surface area contributed by atoms with Gasteiger partial charge in [-0.2, -0.15) is 0 Å². The van der Waals surface area contributed by atoms with Crippen LogP contribution in [0.1, 0.15) is 17.3 Å². The van der Waals surface area contributed by atoms with Gasteiger partial charge in [-0.3, -0.25) is 0 Å². The Morgan fingerprint density at radius 3 is 2.21 bits per heavy atom. The van der Waals surface area contributed by atoms with Crippen LogP contribution in [0.15, 0.2) is 60.7 Å². The molecule has 2 aromatic rings. The van der Waals surface area contributed by atoms with Crippen molar-refractivity contribution < 1.29 is 14.3 Å². The van der Waals surface area contributed by atoms with Crippen molar-refractivity contribution in [3.05, 3.63) is 66.2 Å². The second-order valence-corrected chi connectivity index (χ2v) is 4.21. The first kappa shape index (κ1) is 13.1. The molecule has 0 amide bonds. The summed E-state index contributed by atoms with van der Waals surface area (Å²) in [5.41, 5.74) is 0.550. The second-order valence-electron chi connectivity index (χ2n) is 4.21. The van der Waals surface area contributed by atoms with Gasteiger partial charge in [-0.1, -0.05) is 36.4 Å². The molecular weight excluding hydrogens is 240 g/mol. The van der Waals surface area contributed by atoms with Crippen molar-refractivity contribution in [3.8, 4) is 5.75 Å². The molecule has 1 atom stereocenters. The van der Waals surface area contributed by atoms with Gasteiger partial charge in [0.25, 0.3) is 0 Å². The molecule has 0 heterocycles. The highest BCUT2D eigenvalue weighted by molar-refractivity contribution is 5.89. The highest BCUT2D eigenvalue weighted by atomic mass is 16.6. The number of hydrogen-bond donors (Lipinski definition) is 0. The molecule has 0 radical (unpaired) electrons. The smallest absolute Gasteiger partial charge is 0.338 e. The highest BCUT2D eigenvalue weighted by Crippen LogP contribution is 2.10. The number of carbonyl (C=O) groups is 1. The van der Waals surface area contributed by atoms with Gasteiger partial charge in [0.2, 0.25) is 0 Å². The second kappa shape index (κ2) is 6.59. The van der Waals surface area contributed by atoms with Gasteiger partial charge < -0.3 is 9.47 Å². The maximum Gasteiger partial charge on any atom is 0.338 e. The van der Waals surface area contributed by atoms with E-state index in [1.165, 1.54) is 0 Å². The molecule has 0 aliphatic heterocycles. The molecule has 0 N–H and O–H groups in total. The summed E-state index contributed by atoms with van der Waals surface area (Å²) in [5, 5.41) is 0. The van der Waals surface area contributed by atoms with Crippen LogP contribution in [0, 0.1) is 0 Å². The Balaban J connectivity index is 1.81. The molecule has 0 aromatic heterocycles. The summed E-state index contributed by atoms with van der Waals surface area (Å²) in [6.07, 6.45) is -0.298. The molecule has 0 aliphatic rings. The van der Waals surface area contributed by atoms with Crippen molar-refractivity contribution in [1.29, 1.82) is 0 Å². The van der Waals surface area contributed by atoms with Crippen molar-refractivity contribution in [1.82, 2.24) is 0 Å². The van der Waals surface area contributed by atoms with E-state index in [9.17, 15) is 4.79 Å². The van der Waals surface area contributed by atoms with Gasteiger partial charge in [-0.15, -0.1) is 0 Å². The van der Waals surface area contributed by atoms with Crippen LogP contribution in [0.3, 0.4) is 0 Å². The van der Waals surface area contributed by atoms with Gasteiger partial charge in [-0.05, 0) is 31.2 Å². The van der Waals surface area contributed by atoms with Gasteiger partial charge in [0.05, 0.1) is 5.56 Å². The maximum atomic E-state index is 11.8. The van der Waals surface area contributed by atoms with E-state index < -0.39 is 0 Å². The molecule has 0 saturated heterocycles.